The molecule has 0 heterocycles. The number of hydrogen-bond acceptors (Lipinski definition) is 8. The monoisotopic (exact) mass is 437 g/mol. The Labute approximate surface area is 177 Å². The van der Waals surface area contributed by atoms with Crippen LogP contribution in [-0.4, -0.2) is 47.2 Å². The number of azide groups is 1. The van der Waals surface area contributed by atoms with Crippen LogP contribution in [0.15, 0.2) is 29.4 Å². The van der Waals surface area contributed by atoms with E-state index in [1.807, 2.05) is 20.8 Å². The molecule has 0 N–H and O–H groups in total. The van der Waals surface area contributed by atoms with E-state index >= 15 is 0 Å². The van der Waals surface area contributed by atoms with Crippen molar-refractivity contribution in [1.29, 1.82) is 5.26 Å². The molecule has 156 valence electrons. The molecule has 1 unspecified atom stereocenters. The van der Waals surface area contributed by atoms with Gasteiger partial charge in [0.1, 0.15) is 18.7 Å². The lowest BCUT2D eigenvalue weighted by molar-refractivity contribution is -0.146. The average Bonchev–Trinajstić information content (AvgIpc) is 2.67. The summed E-state index contributed by atoms with van der Waals surface area (Å²) in [6.45, 7) is 5.73. The van der Waals surface area contributed by atoms with E-state index in [9.17, 15) is 9.59 Å². The molecule has 1 rings (SSSR count). The SMILES string of the molecule is CN(C(=O)OCc1ccc(N=[N+]=[N-])cc1)C(CSSC(C)(C)C)C(=O)OCC#N. The normalized spacial score (nSPS) is 11.6. The first kappa shape index (κ1) is 24.5. The van der Waals surface area contributed by atoms with E-state index in [0.717, 1.165) is 0 Å². The van der Waals surface area contributed by atoms with Crippen molar-refractivity contribution in [3.8, 4) is 6.07 Å². The van der Waals surface area contributed by atoms with Crippen molar-refractivity contribution in [1.82, 2.24) is 4.90 Å². The Bertz CT molecular complexity index is 783. The molecule has 0 fully saturated rings. The highest BCUT2D eigenvalue weighted by Gasteiger charge is 2.30. The quantitative estimate of drug-likeness (QED) is 0.178. The van der Waals surface area contributed by atoms with Crippen molar-refractivity contribution in [3.05, 3.63) is 40.3 Å². The molecule has 11 heteroatoms. The second-order valence-corrected chi connectivity index (χ2v) is 9.95. The third-order valence-corrected chi connectivity index (χ3v) is 6.63. The van der Waals surface area contributed by atoms with Crippen molar-refractivity contribution in [3.63, 3.8) is 0 Å². The molecule has 0 spiro atoms. The Morgan fingerprint density at radius 2 is 1.97 bits per heavy atom. The fourth-order valence-corrected chi connectivity index (χ4v) is 4.46. The molecule has 0 bridgehead atoms. The summed E-state index contributed by atoms with van der Waals surface area (Å²) < 4.78 is 10.1. The number of ether oxygens (including phenoxy) is 2. The van der Waals surface area contributed by atoms with Gasteiger partial charge in [-0.2, -0.15) is 5.26 Å². The van der Waals surface area contributed by atoms with E-state index in [-0.39, 0.29) is 18.0 Å². The first-order valence-corrected chi connectivity index (χ1v) is 10.9. The summed E-state index contributed by atoms with van der Waals surface area (Å²) in [5, 5.41) is 12.1. The number of benzene rings is 1. The van der Waals surface area contributed by atoms with Gasteiger partial charge in [0.2, 0.25) is 0 Å². The van der Waals surface area contributed by atoms with E-state index in [0.29, 0.717) is 17.0 Å². The van der Waals surface area contributed by atoms with Gasteiger partial charge in [-0.15, -0.1) is 0 Å². The minimum Gasteiger partial charge on any atom is -0.449 e. The van der Waals surface area contributed by atoms with Gasteiger partial charge in [-0.05, 0) is 11.1 Å². The predicted molar refractivity (Wildman–Crippen MR) is 113 cm³/mol. The zero-order chi connectivity index (χ0) is 21.9. The maximum Gasteiger partial charge on any atom is 0.410 e. The Kier molecular flexibility index (Phi) is 10.2. The molecule has 0 aliphatic heterocycles. The number of esters is 1. The van der Waals surface area contributed by atoms with Crippen LogP contribution in [0.25, 0.3) is 10.4 Å². The number of carbonyl (C=O) groups excluding carboxylic acids is 2. The fourth-order valence-electron chi connectivity index (χ4n) is 1.90. The summed E-state index contributed by atoms with van der Waals surface area (Å²) >= 11 is 0. The van der Waals surface area contributed by atoms with E-state index in [4.69, 9.17) is 20.3 Å². The lowest BCUT2D eigenvalue weighted by Crippen LogP contribution is -2.45. The van der Waals surface area contributed by atoms with Gasteiger partial charge in [-0.1, -0.05) is 71.7 Å². The first-order chi connectivity index (χ1) is 13.7. The summed E-state index contributed by atoms with van der Waals surface area (Å²) in [7, 11) is 4.47. The van der Waals surface area contributed by atoms with Crippen LogP contribution in [-0.2, 0) is 20.9 Å². The number of nitrogens with zero attached hydrogens (tertiary/aromatic N) is 5. The van der Waals surface area contributed by atoms with Gasteiger partial charge in [-0.3, -0.25) is 4.90 Å². The third-order valence-electron chi connectivity index (χ3n) is 3.30. The summed E-state index contributed by atoms with van der Waals surface area (Å²) in [5.74, 6) is -0.370. The van der Waals surface area contributed by atoms with Crippen LogP contribution >= 0.6 is 21.6 Å². The minimum absolute atomic E-state index is 0.0103. The van der Waals surface area contributed by atoms with Gasteiger partial charge in [0, 0.05) is 28.1 Å². The molecule has 1 amide bonds. The highest BCUT2D eigenvalue weighted by Crippen LogP contribution is 2.35. The largest absolute Gasteiger partial charge is 0.449 e. The highest BCUT2D eigenvalue weighted by molar-refractivity contribution is 8.77. The minimum atomic E-state index is -0.886. The van der Waals surface area contributed by atoms with E-state index in [2.05, 4.69) is 10.0 Å². The smallest absolute Gasteiger partial charge is 0.410 e. The van der Waals surface area contributed by atoms with Crippen LogP contribution in [0.5, 0.6) is 0 Å². The Balaban J connectivity index is 2.72. The van der Waals surface area contributed by atoms with Gasteiger partial charge in [0.15, 0.2) is 6.61 Å². The second kappa shape index (κ2) is 12.1. The van der Waals surface area contributed by atoms with E-state index in [1.165, 1.54) is 22.7 Å². The maximum atomic E-state index is 12.4. The van der Waals surface area contributed by atoms with Crippen LogP contribution in [0.2, 0.25) is 0 Å². The van der Waals surface area contributed by atoms with Crippen molar-refractivity contribution in [2.45, 2.75) is 38.2 Å². The highest BCUT2D eigenvalue weighted by atomic mass is 33.1. The first-order valence-electron chi connectivity index (χ1n) is 8.55. The molecule has 0 aromatic heterocycles. The lowest BCUT2D eigenvalue weighted by atomic mass is 10.2. The van der Waals surface area contributed by atoms with Crippen molar-refractivity contribution >= 4 is 39.3 Å². The molecular weight excluding hydrogens is 414 g/mol. The summed E-state index contributed by atoms with van der Waals surface area (Å²) in [6.07, 6.45) is -0.690. The molecule has 29 heavy (non-hydrogen) atoms. The van der Waals surface area contributed by atoms with Crippen LogP contribution < -0.4 is 0 Å². The molecule has 1 aromatic carbocycles. The zero-order valence-electron chi connectivity index (χ0n) is 16.7. The number of nitriles is 1. The van der Waals surface area contributed by atoms with Gasteiger partial charge in [-0.25, -0.2) is 9.59 Å². The van der Waals surface area contributed by atoms with Gasteiger partial charge in [0.05, 0.1) is 0 Å². The molecule has 1 aromatic rings. The van der Waals surface area contributed by atoms with Gasteiger partial charge >= 0.3 is 12.1 Å². The molecule has 9 nitrogen and oxygen atoms in total. The van der Waals surface area contributed by atoms with Crippen LogP contribution in [0.3, 0.4) is 0 Å². The molecule has 1 atom stereocenters. The Hall–Kier alpha value is -2.54. The van der Waals surface area contributed by atoms with Gasteiger partial charge in [0.25, 0.3) is 0 Å². The Morgan fingerprint density at radius 3 is 2.52 bits per heavy atom. The molecule has 0 radical (unpaired) electrons. The van der Waals surface area contributed by atoms with Crippen LogP contribution in [0.1, 0.15) is 26.3 Å². The second-order valence-electron chi connectivity index (χ2n) is 6.78. The number of likely N-dealkylation sites (N-methyl/N-ethyl adjacent to an activating group) is 1. The molecular formula is C18H23N5O4S2. The van der Waals surface area contributed by atoms with Crippen LogP contribution in [0, 0.1) is 11.3 Å². The third kappa shape index (κ3) is 9.47. The Morgan fingerprint density at radius 1 is 1.31 bits per heavy atom. The average molecular weight is 438 g/mol. The van der Waals surface area contributed by atoms with Crippen LogP contribution in [0.4, 0.5) is 10.5 Å². The zero-order valence-corrected chi connectivity index (χ0v) is 18.3. The predicted octanol–water partition coefficient (Wildman–Crippen LogP) is 4.81. The van der Waals surface area contributed by atoms with Crippen molar-refractivity contribution in [2.24, 2.45) is 5.11 Å². The number of hydrogen-bond donors (Lipinski definition) is 0. The van der Waals surface area contributed by atoms with Crippen molar-refractivity contribution < 1.29 is 19.1 Å². The summed E-state index contributed by atoms with van der Waals surface area (Å²) in [5.41, 5.74) is 9.56. The molecule has 0 aliphatic carbocycles. The van der Waals surface area contributed by atoms with E-state index < -0.39 is 18.1 Å². The van der Waals surface area contributed by atoms with Gasteiger partial charge < -0.3 is 9.47 Å². The summed E-state index contributed by atoms with van der Waals surface area (Å²) in [4.78, 5) is 28.6. The number of amides is 1. The number of rotatable bonds is 9. The van der Waals surface area contributed by atoms with E-state index in [1.54, 1.807) is 41.1 Å². The fraction of sp³-hybridized carbons (Fsp3) is 0.500. The molecule has 0 aliphatic rings. The van der Waals surface area contributed by atoms with Crippen molar-refractivity contribution in [2.75, 3.05) is 19.4 Å². The number of carbonyl (C=O) groups is 2. The lowest BCUT2D eigenvalue weighted by Gasteiger charge is -2.26. The maximum absolute atomic E-state index is 12.4. The summed E-state index contributed by atoms with van der Waals surface area (Å²) in [6, 6.07) is 7.41. The molecule has 0 saturated carbocycles. The molecule has 0 saturated heterocycles. The standard InChI is InChI=1S/C18H23N5O4S2/c1-18(2,3)29-28-12-15(16(24)26-10-9-19)23(4)17(25)27-11-13-5-7-14(8-6-13)21-22-20/h5-8,15H,10-12H2,1-4H3. The topological polar surface area (TPSA) is 128 Å².